The Labute approximate surface area is 152 Å². The van der Waals surface area contributed by atoms with Gasteiger partial charge in [0.25, 0.3) is 5.91 Å². The molecule has 1 heterocycles. The van der Waals surface area contributed by atoms with E-state index in [9.17, 15) is 14.7 Å². The summed E-state index contributed by atoms with van der Waals surface area (Å²) in [5.41, 5.74) is 1.70. The zero-order valence-electron chi connectivity index (χ0n) is 13.1. The molecule has 0 aliphatic heterocycles. The number of pyridine rings is 1. The van der Waals surface area contributed by atoms with E-state index in [4.69, 9.17) is 0 Å². The van der Waals surface area contributed by atoms with E-state index in [1.807, 2.05) is 48.5 Å². The van der Waals surface area contributed by atoms with Crippen molar-refractivity contribution in [3.05, 3.63) is 76.4 Å². The Hall–Kier alpha value is -2.73. The summed E-state index contributed by atoms with van der Waals surface area (Å²) in [7, 11) is 0. The Morgan fingerprint density at radius 1 is 1.08 bits per heavy atom. The third kappa shape index (κ3) is 4.22. The van der Waals surface area contributed by atoms with Crippen LogP contribution in [0.3, 0.4) is 0 Å². The van der Waals surface area contributed by atoms with Gasteiger partial charge in [-0.1, -0.05) is 52.3 Å². The number of carbonyl (C=O) groups is 2. The molecule has 3 aromatic rings. The first-order valence-electron chi connectivity index (χ1n) is 7.67. The molecule has 25 heavy (non-hydrogen) atoms. The molecule has 0 aliphatic carbocycles. The lowest BCUT2D eigenvalue weighted by molar-refractivity contribution is -0.139. The van der Waals surface area contributed by atoms with E-state index in [1.165, 1.54) is 0 Å². The van der Waals surface area contributed by atoms with E-state index in [2.05, 4.69) is 26.2 Å². The summed E-state index contributed by atoms with van der Waals surface area (Å²) in [5, 5.41) is 12.9. The average molecular weight is 399 g/mol. The van der Waals surface area contributed by atoms with Crippen molar-refractivity contribution in [2.45, 2.75) is 12.5 Å². The molecule has 6 heteroatoms. The van der Waals surface area contributed by atoms with Crippen molar-refractivity contribution in [3.63, 3.8) is 0 Å². The fraction of sp³-hybridized carbons (Fsp3) is 0.105. The molecule has 3 rings (SSSR count). The largest absolute Gasteiger partial charge is 0.480 e. The van der Waals surface area contributed by atoms with Gasteiger partial charge in [0.15, 0.2) is 0 Å². The Morgan fingerprint density at radius 3 is 2.64 bits per heavy atom. The lowest BCUT2D eigenvalue weighted by Gasteiger charge is -2.15. The second-order valence-electron chi connectivity index (χ2n) is 5.59. The summed E-state index contributed by atoms with van der Waals surface area (Å²) >= 11 is 3.35. The number of carbonyl (C=O) groups excluding carboxylic acids is 1. The predicted molar refractivity (Wildman–Crippen MR) is 98.5 cm³/mol. The van der Waals surface area contributed by atoms with Gasteiger partial charge in [0.1, 0.15) is 11.7 Å². The number of benzene rings is 2. The molecule has 0 bridgehead atoms. The number of aliphatic carboxylic acids is 1. The zero-order valence-corrected chi connectivity index (χ0v) is 14.7. The lowest BCUT2D eigenvalue weighted by Crippen LogP contribution is -2.42. The topological polar surface area (TPSA) is 79.3 Å². The number of nitrogens with one attached hydrogen (secondary N) is 1. The van der Waals surface area contributed by atoms with Crippen LogP contribution >= 0.6 is 15.9 Å². The van der Waals surface area contributed by atoms with Crippen LogP contribution in [0.2, 0.25) is 0 Å². The van der Waals surface area contributed by atoms with Gasteiger partial charge in [-0.2, -0.15) is 0 Å². The molecule has 1 atom stereocenters. The minimum atomic E-state index is -1.09. The summed E-state index contributed by atoms with van der Waals surface area (Å²) in [6.45, 7) is 0. The number of nitrogens with zero attached hydrogens (tertiary/aromatic N) is 1. The van der Waals surface area contributed by atoms with Crippen LogP contribution in [-0.2, 0) is 11.2 Å². The van der Waals surface area contributed by atoms with E-state index in [0.717, 1.165) is 15.4 Å². The van der Waals surface area contributed by atoms with Gasteiger partial charge in [0.05, 0.1) is 5.52 Å². The van der Waals surface area contributed by atoms with Crippen LogP contribution in [0.15, 0.2) is 65.1 Å². The molecular formula is C19H15BrN2O3. The second kappa shape index (κ2) is 7.44. The fourth-order valence-electron chi connectivity index (χ4n) is 2.52. The number of rotatable bonds is 5. The number of hydrogen-bond acceptors (Lipinski definition) is 3. The number of carboxylic acids is 1. The number of fused-ring (bicyclic) bond motifs is 1. The van der Waals surface area contributed by atoms with Crippen molar-refractivity contribution in [1.29, 1.82) is 0 Å². The Bertz CT molecular complexity index is 943. The number of aromatic nitrogens is 1. The van der Waals surface area contributed by atoms with Crippen molar-refractivity contribution < 1.29 is 14.7 Å². The molecule has 0 saturated heterocycles. The van der Waals surface area contributed by atoms with E-state index in [-0.39, 0.29) is 12.1 Å². The molecule has 0 saturated carbocycles. The molecule has 0 spiro atoms. The third-order valence-corrected chi connectivity index (χ3v) is 4.26. The van der Waals surface area contributed by atoms with Crippen LogP contribution in [0.25, 0.3) is 10.9 Å². The van der Waals surface area contributed by atoms with Crippen molar-refractivity contribution in [1.82, 2.24) is 10.3 Å². The molecule has 126 valence electrons. The van der Waals surface area contributed by atoms with Gasteiger partial charge in [-0.25, -0.2) is 9.78 Å². The highest BCUT2D eigenvalue weighted by Crippen LogP contribution is 2.14. The maximum Gasteiger partial charge on any atom is 0.326 e. The highest BCUT2D eigenvalue weighted by molar-refractivity contribution is 9.10. The predicted octanol–water partition coefficient (Wildman–Crippen LogP) is 3.42. The van der Waals surface area contributed by atoms with Gasteiger partial charge in [0.2, 0.25) is 0 Å². The van der Waals surface area contributed by atoms with Gasteiger partial charge in [0, 0.05) is 16.3 Å². The Balaban J connectivity index is 1.78. The summed E-state index contributed by atoms with van der Waals surface area (Å²) in [6, 6.07) is 17.1. The summed E-state index contributed by atoms with van der Waals surface area (Å²) in [4.78, 5) is 28.2. The first kappa shape index (κ1) is 17.1. The molecule has 0 aliphatic rings. The smallest absolute Gasteiger partial charge is 0.326 e. The van der Waals surface area contributed by atoms with Gasteiger partial charge >= 0.3 is 5.97 Å². The van der Waals surface area contributed by atoms with Crippen LogP contribution in [0, 0.1) is 0 Å². The average Bonchev–Trinajstić information content (AvgIpc) is 2.60. The second-order valence-corrected chi connectivity index (χ2v) is 6.50. The number of hydrogen-bond donors (Lipinski definition) is 2. The van der Waals surface area contributed by atoms with Gasteiger partial charge in [-0.05, 0) is 29.8 Å². The van der Waals surface area contributed by atoms with E-state index in [1.54, 1.807) is 12.1 Å². The van der Waals surface area contributed by atoms with E-state index >= 15 is 0 Å². The normalized spacial score (nSPS) is 11.9. The van der Waals surface area contributed by atoms with Gasteiger partial charge in [-0.3, -0.25) is 4.79 Å². The first-order valence-corrected chi connectivity index (χ1v) is 8.46. The van der Waals surface area contributed by atoms with E-state index in [0.29, 0.717) is 5.52 Å². The molecule has 0 radical (unpaired) electrons. The zero-order chi connectivity index (χ0) is 17.8. The number of halogens is 1. The maximum atomic E-state index is 12.4. The summed E-state index contributed by atoms with van der Waals surface area (Å²) in [5.74, 6) is -1.60. The molecule has 0 unspecified atom stereocenters. The van der Waals surface area contributed by atoms with Crippen molar-refractivity contribution >= 4 is 38.7 Å². The van der Waals surface area contributed by atoms with Gasteiger partial charge in [-0.15, -0.1) is 0 Å². The quantitative estimate of drug-likeness (QED) is 0.689. The van der Waals surface area contributed by atoms with Gasteiger partial charge < -0.3 is 10.4 Å². The van der Waals surface area contributed by atoms with Crippen LogP contribution in [0.5, 0.6) is 0 Å². The van der Waals surface area contributed by atoms with Crippen LogP contribution in [0.4, 0.5) is 0 Å². The molecule has 1 amide bonds. The van der Waals surface area contributed by atoms with E-state index < -0.39 is 17.9 Å². The minimum absolute atomic E-state index is 0.189. The molecule has 2 aromatic carbocycles. The fourth-order valence-corrected chi connectivity index (χ4v) is 2.97. The maximum absolute atomic E-state index is 12.4. The Kier molecular flexibility index (Phi) is 5.09. The SMILES string of the molecule is O=C(N[C@@H](Cc1cccc(Br)c1)C(=O)O)c1ccc2ccccc2n1. The monoisotopic (exact) mass is 398 g/mol. The number of para-hydroxylation sites is 1. The first-order chi connectivity index (χ1) is 12.0. The molecule has 0 fully saturated rings. The minimum Gasteiger partial charge on any atom is -0.480 e. The highest BCUT2D eigenvalue weighted by atomic mass is 79.9. The van der Waals surface area contributed by atoms with Crippen molar-refractivity contribution in [3.8, 4) is 0 Å². The van der Waals surface area contributed by atoms with Crippen LogP contribution in [0.1, 0.15) is 16.1 Å². The standard InChI is InChI=1S/C19H15BrN2O3/c20-14-6-3-4-12(10-14)11-17(19(24)25)22-18(23)16-9-8-13-5-1-2-7-15(13)21-16/h1-10,17H,11H2,(H,22,23)(H,24,25)/t17-/m0/s1. The molecule has 5 nitrogen and oxygen atoms in total. The van der Waals surface area contributed by atoms with Crippen LogP contribution < -0.4 is 5.32 Å². The molecular weight excluding hydrogens is 384 g/mol. The lowest BCUT2D eigenvalue weighted by atomic mass is 10.1. The highest BCUT2D eigenvalue weighted by Gasteiger charge is 2.22. The van der Waals surface area contributed by atoms with Crippen molar-refractivity contribution in [2.75, 3.05) is 0 Å². The van der Waals surface area contributed by atoms with Crippen molar-refractivity contribution in [2.24, 2.45) is 0 Å². The Morgan fingerprint density at radius 2 is 1.88 bits per heavy atom. The number of carboxylic acid groups (broad SMARTS) is 1. The summed E-state index contributed by atoms with van der Waals surface area (Å²) in [6.07, 6.45) is 0.189. The number of amides is 1. The third-order valence-electron chi connectivity index (χ3n) is 3.76. The molecule has 2 N–H and O–H groups in total. The summed E-state index contributed by atoms with van der Waals surface area (Å²) < 4.78 is 0.858. The molecule has 1 aromatic heterocycles. The van der Waals surface area contributed by atoms with Crippen LogP contribution in [-0.4, -0.2) is 28.0 Å².